The van der Waals surface area contributed by atoms with Crippen LogP contribution >= 0.6 is 15.9 Å². The third-order valence-electron chi connectivity index (χ3n) is 3.62. The molecule has 0 aliphatic carbocycles. The van der Waals surface area contributed by atoms with E-state index < -0.39 is 16.9 Å². The lowest BCUT2D eigenvalue weighted by atomic mass is 9.99. The Morgan fingerprint density at radius 3 is 2.20 bits per heavy atom. The minimum absolute atomic E-state index is 0.146. The maximum Gasteiger partial charge on any atom is 0.308 e. The lowest BCUT2D eigenvalue weighted by molar-refractivity contribution is -0.132. The number of methoxy groups -OCH3 is 2. The number of hydrogen-bond donors (Lipinski definition) is 0. The van der Waals surface area contributed by atoms with Crippen molar-refractivity contribution in [3.05, 3.63) is 59.7 Å². The zero-order valence-corrected chi connectivity index (χ0v) is 15.8. The molecule has 0 heterocycles. The molecule has 25 heavy (non-hydrogen) atoms. The first-order valence-electron chi connectivity index (χ1n) is 7.60. The van der Waals surface area contributed by atoms with Gasteiger partial charge < -0.3 is 14.2 Å². The SMILES string of the molecule is COc1ccc(C(=O)[C@H](Br)[C@H](OC)c2ccccc2OC(C)=O)cc1. The smallest absolute Gasteiger partial charge is 0.308 e. The molecule has 2 aromatic carbocycles. The molecule has 0 amide bonds. The summed E-state index contributed by atoms with van der Waals surface area (Å²) in [5.74, 6) is 0.460. The number of esters is 1. The van der Waals surface area contributed by atoms with Crippen LogP contribution in [0.5, 0.6) is 11.5 Å². The van der Waals surface area contributed by atoms with Crippen molar-refractivity contribution in [3.8, 4) is 11.5 Å². The summed E-state index contributed by atoms with van der Waals surface area (Å²) >= 11 is 3.43. The molecule has 0 bridgehead atoms. The van der Waals surface area contributed by atoms with Gasteiger partial charge in [0.15, 0.2) is 5.78 Å². The Balaban J connectivity index is 2.30. The third kappa shape index (κ3) is 4.67. The van der Waals surface area contributed by atoms with Crippen molar-refractivity contribution in [2.45, 2.75) is 17.9 Å². The number of halogens is 1. The maximum absolute atomic E-state index is 12.8. The zero-order valence-electron chi connectivity index (χ0n) is 14.2. The molecule has 0 saturated heterocycles. The molecule has 132 valence electrons. The van der Waals surface area contributed by atoms with Crippen LogP contribution < -0.4 is 9.47 Å². The highest BCUT2D eigenvalue weighted by Gasteiger charge is 2.30. The van der Waals surface area contributed by atoms with Crippen molar-refractivity contribution < 1.29 is 23.8 Å². The number of Topliss-reactive ketones (excluding diaryl/α,β-unsaturated/α-hetero) is 1. The number of ether oxygens (including phenoxy) is 3. The predicted octanol–water partition coefficient (Wildman–Crippen LogP) is 3.95. The van der Waals surface area contributed by atoms with Crippen LogP contribution in [0.15, 0.2) is 48.5 Å². The molecule has 0 radical (unpaired) electrons. The van der Waals surface area contributed by atoms with Crippen molar-refractivity contribution in [1.29, 1.82) is 0 Å². The van der Waals surface area contributed by atoms with Crippen LogP contribution in [0.3, 0.4) is 0 Å². The van der Waals surface area contributed by atoms with E-state index in [0.29, 0.717) is 22.6 Å². The average molecular weight is 407 g/mol. The van der Waals surface area contributed by atoms with Crippen LogP contribution in [0.1, 0.15) is 28.9 Å². The van der Waals surface area contributed by atoms with Gasteiger partial charge in [-0.25, -0.2) is 0 Å². The van der Waals surface area contributed by atoms with Crippen molar-refractivity contribution in [1.82, 2.24) is 0 Å². The molecule has 0 unspecified atom stereocenters. The van der Waals surface area contributed by atoms with Gasteiger partial charge in [-0.15, -0.1) is 0 Å². The predicted molar refractivity (Wildman–Crippen MR) is 97.5 cm³/mol. The monoisotopic (exact) mass is 406 g/mol. The second-order valence-electron chi connectivity index (χ2n) is 5.28. The molecule has 0 aliphatic heterocycles. The first-order chi connectivity index (χ1) is 12.0. The van der Waals surface area contributed by atoms with E-state index in [1.54, 1.807) is 55.6 Å². The number of carbonyl (C=O) groups excluding carboxylic acids is 2. The van der Waals surface area contributed by atoms with Gasteiger partial charge in [0, 0.05) is 25.2 Å². The number of benzene rings is 2. The number of para-hydroxylation sites is 1. The van der Waals surface area contributed by atoms with Gasteiger partial charge in [0.25, 0.3) is 0 Å². The fourth-order valence-electron chi connectivity index (χ4n) is 2.42. The van der Waals surface area contributed by atoms with Crippen LogP contribution in [0, 0.1) is 0 Å². The molecule has 0 fully saturated rings. The maximum atomic E-state index is 12.8. The number of ketones is 1. The van der Waals surface area contributed by atoms with Gasteiger partial charge in [0.2, 0.25) is 0 Å². The summed E-state index contributed by atoms with van der Waals surface area (Å²) in [7, 11) is 3.07. The Bertz CT molecular complexity index is 742. The standard InChI is InChI=1S/C19H19BrO5/c1-12(21)25-16-7-5-4-6-15(16)19(24-3)17(20)18(22)13-8-10-14(23-2)11-9-13/h4-11,17,19H,1-3H3/t17-,19+/m0/s1. The van der Waals surface area contributed by atoms with Gasteiger partial charge in [-0.2, -0.15) is 0 Å². The van der Waals surface area contributed by atoms with Gasteiger partial charge in [0.05, 0.1) is 7.11 Å². The lowest BCUT2D eigenvalue weighted by Gasteiger charge is -2.22. The number of alkyl halides is 1. The largest absolute Gasteiger partial charge is 0.497 e. The second kappa shape index (κ2) is 8.78. The van der Waals surface area contributed by atoms with Crippen molar-refractivity contribution in [3.63, 3.8) is 0 Å². The van der Waals surface area contributed by atoms with E-state index in [2.05, 4.69) is 15.9 Å². The van der Waals surface area contributed by atoms with Gasteiger partial charge in [-0.05, 0) is 30.3 Å². The summed E-state index contributed by atoms with van der Waals surface area (Å²) in [6.45, 7) is 1.33. The quantitative estimate of drug-likeness (QED) is 0.301. The average Bonchev–Trinajstić information content (AvgIpc) is 2.62. The van der Waals surface area contributed by atoms with Gasteiger partial charge >= 0.3 is 5.97 Å². The van der Waals surface area contributed by atoms with Crippen LogP contribution in [0.25, 0.3) is 0 Å². The summed E-state index contributed by atoms with van der Waals surface area (Å²) in [4.78, 5) is 23.4. The Hall–Kier alpha value is -2.18. The Morgan fingerprint density at radius 1 is 1.00 bits per heavy atom. The third-order valence-corrected chi connectivity index (χ3v) is 4.52. The van der Waals surface area contributed by atoms with E-state index in [-0.39, 0.29) is 5.78 Å². The molecular formula is C19H19BrO5. The molecule has 2 rings (SSSR count). The fraction of sp³-hybridized carbons (Fsp3) is 0.263. The Kier molecular flexibility index (Phi) is 6.73. The molecule has 0 aromatic heterocycles. The van der Waals surface area contributed by atoms with E-state index in [9.17, 15) is 9.59 Å². The topological polar surface area (TPSA) is 61.8 Å². The molecule has 0 saturated carbocycles. The Morgan fingerprint density at radius 2 is 1.64 bits per heavy atom. The summed E-state index contributed by atoms with van der Waals surface area (Å²) in [5.41, 5.74) is 1.14. The summed E-state index contributed by atoms with van der Waals surface area (Å²) in [6, 6.07) is 13.8. The molecule has 0 aliphatic rings. The van der Waals surface area contributed by atoms with Crippen LogP contribution in [-0.4, -0.2) is 30.8 Å². The molecule has 2 atom stereocenters. The molecular weight excluding hydrogens is 388 g/mol. The highest BCUT2D eigenvalue weighted by Crippen LogP contribution is 2.34. The summed E-state index contributed by atoms with van der Waals surface area (Å²) in [6.07, 6.45) is -0.620. The molecule has 2 aromatic rings. The number of hydrogen-bond acceptors (Lipinski definition) is 5. The second-order valence-corrected chi connectivity index (χ2v) is 6.27. The van der Waals surface area contributed by atoms with Crippen LogP contribution in [0.4, 0.5) is 0 Å². The summed E-state index contributed by atoms with van der Waals surface area (Å²) in [5, 5.41) is 0. The van der Waals surface area contributed by atoms with Gasteiger partial charge in [-0.1, -0.05) is 34.1 Å². The van der Waals surface area contributed by atoms with E-state index in [0.717, 1.165) is 0 Å². The van der Waals surface area contributed by atoms with Gasteiger partial charge in [-0.3, -0.25) is 9.59 Å². The molecule has 5 nitrogen and oxygen atoms in total. The minimum Gasteiger partial charge on any atom is -0.497 e. The van der Waals surface area contributed by atoms with Crippen molar-refractivity contribution in [2.75, 3.05) is 14.2 Å². The normalized spacial score (nSPS) is 13.0. The molecule has 6 heteroatoms. The van der Waals surface area contributed by atoms with Crippen molar-refractivity contribution >= 4 is 27.7 Å². The number of carbonyl (C=O) groups is 2. The van der Waals surface area contributed by atoms with Crippen molar-refractivity contribution in [2.24, 2.45) is 0 Å². The van der Waals surface area contributed by atoms with E-state index in [1.165, 1.54) is 14.0 Å². The molecule has 0 spiro atoms. The van der Waals surface area contributed by atoms with E-state index in [4.69, 9.17) is 14.2 Å². The van der Waals surface area contributed by atoms with Crippen LogP contribution in [-0.2, 0) is 9.53 Å². The van der Waals surface area contributed by atoms with Gasteiger partial charge in [0.1, 0.15) is 22.4 Å². The first kappa shape index (κ1) is 19.1. The first-order valence-corrected chi connectivity index (χ1v) is 8.52. The molecule has 0 N–H and O–H groups in total. The number of rotatable bonds is 7. The summed E-state index contributed by atoms with van der Waals surface area (Å²) < 4.78 is 15.9. The Labute approximate surface area is 155 Å². The zero-order chi connectivity index (χ0) is 18.4. The fourth-order valence-corrected chi connectivity index (χ4v) is 3.18. The minimum atomic E-state index is -0.650. The lowest BCUT2D eigenvalue weighted by Crippen LogP contribution is -2.25. The highest BCUT2D eigenvalue weighted by atomic mass is 79.9. The van der Waals surface area contributed by atoms with Crippen LogP contribution in [0.2, 0.25) is 0 Å². The van der Waals surface area contributed by atoms with E-state index >= 15 is 0 Å². The highest BCUT2D eigenvalue weighted by molar-refractivity contribution is 9.10. The van der Waals surface area contributed by atoms with E-state index in [1.807, 2.05) is 0 Å².